The van der Waals surface area contributed by atoms with E-state index in [-0.39, 0.29) is 0 Å². The van der Waals surface area contributed by atoms with Crippen molar-refractivity contribution in [1.82, 2.24) is 15.0 Å². The first-order valence-corrected chi connectivity index (χ1v) is 10.6. The number of fused-ring (bicyclic) bond motifs is 1. The molecule has 0 fully saturated rings. The fraction of sp³-hybridized carbons (Fsp3) is 0.231. The Morgan fingerprint density at radius 1 is 0.938 bits per heavy atom. The highest BCUT2D eigenvalue weighted by Gasteiger charge is 2.27. The minimum atomic E-state index is 0.314. The van der Waals surface area contributed by atoms with Gasteiger partial charge in [-0.15, -0.1) is 0 Å². The summed E-state index contributed by atoms with van der Waals surface area (Å²) in [5, 5.41) is 4.20. The second-order valence-corrected chi connectivity index (χ2v) is 7.91. The van der Waals surface area contributed by atoms with Crippen LogP contribution in [-0.4, -0.2) is 35.8 Å². The molecule has 32 heavy (non-hydrogen) atoms. The van der Waals surface area contributed by atoms with Gasteiger partial charge < -0.3 is 14.0 Å². The Hall–Kier alpha value is -3.64. The third-order valence-corrected chi connectivity index (χ3v) is 5.94. The molecule has 0 radical (unpaired) electrons. The Labute approximate surface area is 187 Å². The Kier molecular flexibility index (Phi) is 5.60. The lowest BCUT2D eigenvalue weighted by molar-refractivity contribution is 0.200. The van der Waals surface area contributed by atoms with Gasteiger partial charge >= 0.3 is 0 Å². The maximum absolute atomic E-state index is 5.61. The summed E-state index contributed by atoms with van der Waals surface area (Å²) < 4.78 is 16.3. The predicted molar refractivity (Wildman–Crippen MR) is 122 cm³/mol. The average Bonchev–Trinajstić information content (AvgIpc) is 3.32. The molecular weight excluding hydrogens is 402 g/mol. The summed E-state index contributed by atoms with van der Waals surface area (Å²) in [6.07, 6.45) is 0. The number of aromatic nitrogens is 2. The largest absolute Gasteiger partial charge is 0.493 e. The number of hydrogen-bond donors (Lipinski definition) is 0. The molecule has 1 unspecified atom stereocenters. The first-order chi connectivity index (χ1) is 15.7. The highest BCUT2D eigenvalue weighted by molar-refractivity contribution is 5.60. The van der Waals surface area contributed by atoms with Crippen LogP contribution in [0.15, 0.2) is 77.3 Å². The molecule has 6 heteroatoms. The fourth-order valence-electron chi connectivity index (χ4n) is 4.37. The topological polar surface area (TPSA) is 60.6 Å². The normalized spacial score (nSPS) is 15.9. The molecule has 0 N–H and O–H groups in total. The number of ether oxygens (including phenoxy) is 2. The third kappa shape index (κ3) is 3.97. The Morgan fingerprint density at radius 2 is 1.72 bits per heavy atom. The number of methoxy groups -OCH3 is 2. The van der Waals surface area contributed by atoms with E-state index in [1.54, 1.807) is 14.2 Å². The summed E-state index contributed by atoms with van der Waals surface area (Å²) >= 11 is 0. The number of hydrogen-bond acceptors (Lipinski definition) is 6. The summed E-state index contributed by atoms with van der Waals surface area (Å²) in [5.74, 6) is 2.75. The fourth-order valence-corrected chi connectivity index (χ4v) is 4.37. The molecule has 0 saturated carbocycles. The van der Waals surface area contributed by atoms with Gasteiger partial charge in [-0.3, -0.25) is 4.90 Å². The van der Waals surface area contributed by atoms with E-state index in [0.717, 1.165) is 18.7 Å². The number of rotatable bonds is 6. The average molecular weight is 428 g/mol. The Morgan fingerprint density at radius 3 is 2.53 bits per heavy atom. The molecule has 0 amide bonds. The van der Waals surface area contributed by atoms with Gasteiger partial charge in [-0.25, -0.2) is 0 Å². The summed E-state index contributed by atoms with van der Waals surface area (Å²) in [4.78, 5) is 7.01. The molecule has 4 aromatic rings. The van der Waals surface area contributed by atoms with E-state index in [2.05, 4.69) is 69.6 Å². The van der Waals surface area contributed by atoms with Crippen LogP contribution in [-0.2, 0) is 13.1 Å². The molecule has 0 spiro atoms. The molecule has 0 saturated heterocycles. The van der Waals surface area contributed by atoms with Crippen molar-refractivity contribution < 1.29 is 14.0 Å². The number of nitrogens with zero attached hydrogens (tertiary/aromatic N) is 3. The molecule has 5 rings (SSSR count). The molecule has 6 nitrogen and oxygen atoms in total. The summed E-state index contributed by atoms with van der Waals surface area (Å²) in [6, 6.07) is 24.9. The lowest BCUT2D eigenvalue weighted by atomic mass is 9.85. The van der Waals surface area contributed by atoms with E-state index in [4.69, 9.17) is 14.0 Å². The zero-order chi connectivity index (χ0) is 21.9. The van der Waals surface area contributed by atoms with E-state index < -0.39 is 0 Å². The van der Waals surface area contributed by atoms with Gasteiger partial charge in [0, 0.05) is 24.6 Å². The SMILES string of the molecule is COc1ccc(-c2noc(CN3Cc4ccccc4C(c4ccccc4)C3)n2)cc1OC. The zero-order valence-electron chi connectivity index (χ0n) is 18.2. The van der Waals surface area contributed by atoms with Gasteiger partial charge in [0.15, 0.2) is 11.5 Å². The molecule has 1 aromatic heterocycles. The number of benzene rings is 3. The van der Waals surface area contributed by atoms with Gasteiger partial charge in [-0.05, 0) is 34.9 Å². The van der Waals surface area contributed by atoms with E-state index in [9.17, 15) is 0 Å². The molecule has 0 bridgehead atoms. The van der Waals surface area contributed by atoms with E-state index in [1.165, 1.54) is 16.7 Å². The van der Waals surface area contributed by atoms with Crippen LogP contribution in [0.5, 0.6) is 11.5 Å². The maximum Gasteiger partial charge on any atom is 0.241 e. The van der Waals surface area contributed by atoms with E-state index >= 15 is 0 Å². The second-order valence-electron chi connectivity index (χ2n) is 7.91. The van der Waals surface area contributed by atoms with E-state index in [1.807, 2.05) is 18.2 Å². The van der Waals surface area contributed by atoms with Gasteiger partial charge in [0.2, 0.25) is 11.7 Å². The molecule has 1 atom stereocenters. The second kappa shape index (κ2) is 8.85. The minimum absolute atomic E-state index is 0.314. The van der Waals surface area contributed by atoms with Crippen molar-refractivity contribution in [1.29, 1.82) is 0 Å². The van der Waals surface area contributed by atoms with Crippen molar-refractivity contribution in [2.75, 3.05) is 20.8 Å². The lowest BCUT2D eigenvalue weighted by Crippen LogP contribution is -2.33. The zero-order valence-corrected chi connectivity index (χ0v) is 18.2. The van der Waals surface area contributed by atoms with Crippen LogP contribution < -0.4 is 9.47 Å². The van der Waals surface area contributed by atoms with Crippen LogP contribution in [0.4, 0.5) is 0 Å². The molecule has 1 aliphatic heterocycles. The maximum atomic E-state index is 5.61. The first-order valence-electron chi connectivity index (χ1n) is 10.6. The van der Waals surface area contributed by atoms with Crippen molar-refractivity contribution in [3.8, 4) is 22.9 Å². The van der Waals surface area contributed by atoms with Crippen LogP contribution in [0.2, 0.25) is 0 Å². The molecule has 2 heterocycles. The van der Waals surface area contributed by atoms with Crippen LogP contribution in [0.1, 0.15) is 28.5 Å². The van der Waals surface area contributed by atoms with Gasteiger partial charge in [0.05, 0.1) is 20.8 Å². The van der Waals surface area contributed by atoms with Crippen LogP contribution in [0.25, 0.3) is 11.4 Å². The first kappa shape index (κ1) is 20.3. The summed E-state index contributed by atoms with van der Waals surface area (Å²) in [6.45, 7) is 2.35. The van der Waals surface area contributed by atoms with Crippen LogP contribution in [0, 0.1) is 0 Å². The van der Waals surface area contributed by atoms with E-state index in [0.29, 0.717) is 35.7 Å². The Balaban J connectivity index is 1.38. The predicted octanol–water partition coefficient (Wildman–Crippen LogP) is 4.90. The summed E-state index contributed by atoms with van der Waals surface area (Å²) in [5.41, 5.74) is 4.88. The van der Waals surface area contributed by atoms with Crippen LogP contribution >= 0.6 is 0 Å². The van der Waals surface area contributed by atoms with Crippen molar-refractivity contribution in [3.05, 3.63) is 95.4 Å². The third-order valence-electron chi connectivity index (χ3n) is 5.94. The van der Waals surface area contributed by atoms with Gasteiger partial charge in [-0.2, -0.15) is 4.98 Å². The molecule has 0 aliphatic carbocycles. The smallest absolute Gasteiger partial charge is 0.241 e. The van der Waals surface area contributed by atoms with Gasteiger partial charge in [0.25, 0.3) is 0 Å². The Bertz CT molecular complexity index is 1210. The standard InChI is InChI=1S/C26H25N3O3/c1-30-23-13-12-19(14-24(23)31-2)26-27-25(32-28-26)17-29-15-20-10-6-7-11-21(20)22(16-29)18-8-4-3-5-9-18/h3-14,22H,15-17H2,1-2H3. The van der Waals surface area contributed by atoms with Crippen LogP contribution in [0.3, 0.4) is 0 Å². The quantitative estimate of drug-likeness (QED) is 0.436. The van der Waals surface area contributed by atoms with Crippen molar-refractivity contribution in [2.45, 2.75) is 19.0 Å². The monoisotopic (exact) mass is 427 g/mol. The van der Waals surface area contributed by atoms with Crippen molar-refractivity contribution in [2.24, 2.45) is 0 Å². The highest BCUT2D eigenvalue weighted by Crippen LogP contribution is 2.34. The lowest BCUT2D eigenvalue weighted by Gasteiger charge is -2.34. The van der Waals surface area contributed by atoms with Gasteiger partial charge in [-0.1, -0.05) is 59.8 Å². The molecule has 3 aromatic carbocycles. The molecular formula is C26H25N3O3. The van der Waals surface area contributed by atoms with Crippen molar-refractivity contribution >= 4 is 0 Å². The van der Waals surface area contributed by atoms with Crippen molar-refractivity contribution in [3.63, 3.8) is 0 Å². The highest BCUT2D eigenvalue weighted by atomic mass is 16.5. The molecule has 1 aliphatic rings. The minimum Gasteiger partial charge on any atom is -0.493 e. The van der Waals surface area contributed by atoms with Gasteiger partial charge in [0.1, 0.15) is 0 Å². The molecule has 162 valence electrons. The summed E-state index contributed by atoms with van der Waals surface area (Å²) in [7, 11) is 3.23.